The molecular formula is C21H26N6O3. The monoisotopic (exact) mass is 410 g/mol. The van der Waals surface area contributed by atoms with Crippen molar-refractivity contribution in [2.45, 2.75) is 45.9 Å². The van der Waals surface area contributed by atoms with Gasteiger partial charge in [0.05, 0.1) is 18.0 Å². The molecule has 0 N–H and O–H groups in total. The molecule has 1 fully saturated rings. The third kappa shape index (κ3) is 5.35. The van der Waals surface area contributed by atoms with Crippen molar-refractivity contribution in [3.63, 3.8) is 0 Å². The largest absolute Gasteiger partial charge is 0.486 e. The second-order valence-electron chi connectivity index (χ2n) is 8.12. The van der Waals surface area contributed by atoms with Crippen molar-refractivity contribution in [3.8, 4) is 11.8 Å². The SMILES string of the molecule is C[C@@H]1CN(C(=O)OC(C)(C)C)CCN1c1ncc(OCc2ccncc2C#N)cn1. The number of aromatic nitrogens is 3. The van der Waals surface area contributed by atoms with Crippen LogP contribution in [0.5, 0.6) is 5.75 Å². The van der Waals surface area contributed by atoms with E-state index in [9.17, 15) is 4.79 Å². The van der Waals surface area contributed by atoms with Crippen molar-refractivity contribution in [1.29, 1.82) is 5.26 Å². The van der Waals surface area contributed by atoms with Crippen LogP contribution in [0.1, 0.15) is 38.8 Å². The number of carbonyl (C=O) groups excluding carboxylic acids is 1. The van der Waals surface area contributed by atoms with E-state index in [0.29, 0.717) is 36.9 Å². The van der Waals surface area contributed by atoms with E-state index in [1.165, 1.54) is 6.20 Å². The van der Waals surface area contributed by atoms with Crippen molar-refractivity contribution in [2.24, 2.45) is 0 Å². The van der Waals surface area contributed by atoms with E-state index in [1.807, 2.05) is 27.7 Å². The Hall–Kier alpha value is -3.41. The molecule has 2 aromatic heterocycles. The van der Waals surface area contributed by atoms with Gasteiger partial charge in [0.15, 0.2) is 5.75 Å². The maximum absolute atomic E-state index is 12.3. The lowest BCUT2D eigenvalue weighted by atomic mass is 10.2. The van der Waals surface area contributed by atoms with Gasteiger partial charge in [-0.2, -0.15) is 5.26 Å². The normalized spacial score (nSPS) is 16.7. The molecule has 1 aliphatic rings. The van der Waals surface area contributed by atoms with Crippen molar-refractivity contribution in [2.75, 3.05) is 24.5 Å². The fourth-order valence-corrected chi connectivity index (χ4v) is 3.09. The van der Waals surface area contributed by atoms with Gasteiger partial charge in [-0.3, -0.25) is 4.98 Å². The summed E-state index contributed by atoms with van der Waals surface area (Å²) in [7, 11) is 0. The van der Waals surface area contributed by atoms with E-state index in [2.05, 4.69) is 25.9 Å². The Labute approximate surface area is 176 Å². The average molecular weight is 410 g/mol. The van der Waals surface area contributed by atoms with Gasteiger partial charge < -0.3 is 19.3 Å². The zero-order chi connectivity index (χ0) is 21.7. The molecule has 1 atom stereocenters. The number of anilines is 1. The fraction of sp³-hybridized carbons (Fsp3) is 0.476. The predicted octanol–water partition coefficient (Wildman–Crippen LogP) is 2.77. The highest BCUT2D eigenvalue weighted by molar-refractivity contribution is 5.68. The van der Waals surface area contributed by atoms with Gasteiger partial charge in [0, 0.05) is 43.6 Å². The molecule has 2 aromatic rings. The molecule has 9 heteroatoms. The summed E-state index contributed by atoms with van der Waals surface area (Å²) in [5.74, 6) is 1.10. The molecule has 0 unspecified atom stereocenters. The summed E-state index contributed by atoms with van der Waals surface area (Å²) >= 11 is 0. The summed E-state index contributed by atoms with van der Waals surface area (Å²) in [4.78, 5) is 28.8. The van der Waals surface area contributed by atoms with Gasteiger partial charge in [-0.25, -0.2) is 14.8 Å². The molecule has 3 rings (SSSR count). The van der Waals surface area contributed by atoms with Gasteiger partial charge >= 0.3 is 6.09 Å². The number of carbonyl (C=O) groups is 1. The maximum Gasteiger partial charge on any atom is 0.410 e. The Morgan fingerprint density at radius 1 is 1.27 bits per heavy atom. The molecule has 0 aliphatic carbocycles. The Morgan fingerprint density at radius 2 is 2.00 bits per heavy atom. The van der Waals surface area contributed by atoms with E-state index in [1.54, 1.807) is 29.6 Å². The number of nitriles is 1. The number of hydrogen-bond donors (Lipinski definition) is 0. The Bertz CT molecular complexity index is 920. The molecule has 1 saturated heterocycles. The summed E-state index contributed by atoms with van der Waals surface area (Å²) < 4.78 is 11.2. The minimum atomic E-state index is -0.513. The highest BCUT2D eigenvalue weighted by Gasteiger charge is 2.30. The van der Waals surface area contributed by atoms with Gasteiger partial charge in [0.1, 0.15) is 18.3 Å². The lowest BCUT2D eigenvalue weighted by molar-refractivity contribution is 0.0218. The number of nitrogens with zero attached hydrogens (tertiary/aromatic N) is 6. The van der Waals surface area contributed by atoms with Gasteiger partial charge in [-0.15, -0.1) is 0 Å². The maximum atomic E-state index is 12.3. The topological polar surface area (TPSA) is 104 Å². The van der Waals surface area contributed by atoms with Crippen LogP contribution in [0.4, 0.5) is 10.7 Å². The molecule has 1 aliphatic heterocycles. The second-order valence-corrected chi connectivity index (χ2v) is 8.12. The number of amides is 1. The molecule has 0 saturated carbocycles. The zero-order valence-corrected chi connectivity index (χ0v) is 17.7. The number of ether oxygens (including phenoxy) is 2. The van der Waals surface area contributed by atoms with Crippen LogP contribution in [0, 0.1) is 11.3 Å². The van der Waals surface area contributed by atoms with E-state index >= 15 is 0 Å². The van der Waals surface area contributed by atoms with Crippen molar-refractivity contribution in [3.05, 3.63) is 42.0 Å². The van der Waals surface area contributed by atoms with Crippen LogP contribution < -0.4 is 9.64 Å². The molecule has 1 amide bonds. The molecule has 158 valence electrons. The van der Waals surface area contributed by atoms with Crippen LogP contribution >= 0.6 is 0 Å². The van der Waals surface area contributed by atoms with E-state index < -0.39 is 5.60 Å². The van der Waals surface area contributed by atoms with Gasteiger partial charge in [-0.1, -0.05) is 0 Å². The molecule has 0 spiro atoms. The summed E-state index contributed by atoms with van der Waals surface area (Å²) in [6, 6.07) is 3.89. The minimum absolute atomic E-state index is 0.0491. The van der Waals surface area contributed by atoms with Crippen molar-refractivity contribution in [1.82, 2.24) is 19.9 Å². The predicted molar refractivity (Wildman–Crippen MR) is 110 cm³/mol. The Kier molecular flexibility index (Phi) is 6.35. The lowest BCUT2D eigenvalue weighted by Crippen LogP contribution is -2.55. The van der Waals surface area contributed by atoms with Crippen LogP contribution in [-0.4, -0.2) is 57.2 Å². The molecule has 3 heterocycles. The molecule has 9 nitrogen and oxygen atoms in total. The number of hydrogen-bond acceptors (Lipinski definition) is 8. The van der Waals surface area contributed by atoms with E-state index in [0.717, 1.165) is 5.56 Å². The first kappa shape index (κ1) is 21.3. The number of rotatable bonds is 4. The van der Waals surface area contributed by atoms with Gasteiger partial charge in [-0.05, 0) is 33.8 Å². The van der Waals surface area contributed by atoms with Gasteiger partial charge in [0.2, 0.25) is 5.95 Å². The molecule has 0 bridgehead atoms. The number of pyridine rings is 1. The third-order valence-electron chi connectivity index (χ3n) is 4.58. The summed E-state index contributed by atoms with van der Waals surface area (Å²) in [6.45, 7) is 9.53. The molecule has 30 heavy (non-hydrogen) atoms. The highest BCUT2D eigenvalue weighted by atomic mass is 16.6. The van der Waals surface area contributed by atoms with Crippen molar-refractivity contribution < 1.29 is 14.3 Å². The first-order chi connectivity index (χ1) is 14.3. The van der Waals surface area contributed by atoms with Crippen LogP contribution in [0.25, 0.3) is 0 Å². The summed E-state index contributed by atoms with van der Waals surface area (Å²) in [5.41, 5.74) is 0.718. The van der Waals surface area contributed by atoms with Crippen molar-refractivity contribution >= 4 is 12.0 Å². The Balaban J connectivity index is 1.57. The second kappa shape index (κ2) is 8.95. The first-order valence-electron chi connectivity index (χ1n) is 9.79. The highest BCUT2D eigenvalue weighted by Crippen LogP contribution is 2.20. The number of piperazine rings is 1. The lowest BCUT2D eigenvalue weighted by Gasteiger charge is -2.40. The average Bonchev–Trinajstić information content (AvgIpc) is 2.71. The summed E-state index contributed by atoms with van der Waals surface area (Å²) in [5, 5.41) is 9.12. The summed E-state index contributed by atoms with van der Waals surface area (Å²) in [6.07, 6.45) is 6.06. The molecule has 0 radical (unpaired) electrons. The minimum Gasteiger partial charge on any atom is -0.486 e. The van der Waals surface area contributed by atoms with Crippen LogP contribution in [0.15, 0.2) is 30.9 Å². The smallest absolute Gasteiger partial charge is 0.410 e. The molecular weight excluding hydrogens is 384 g/mol. The van der Waals surface area contributed by atoms with E-state index in [4.69, 9.17) is 14.7 Å². The van der Waals surface area contributed by atoms with Crippen LogP contribution in [-0.2, 0) is 11.3 Å². The molecule has 0 aromatic carbocycles. The fourth-order valence-electron chi connectivity index (χ4n) is 3.09. The van der Waals surface area contributed by atoms with E-state index in [-0.39, 0.29) is 18.7 Å². The Morgan fingerprint density at radius 3 is 2.63 bits per heavy atom. The standard InChI is InChI=1S/C21H26N6O3/c1-15-13-26(20(28)30-21(2,3)4)7-8-27(15)19-24-11-18(12-25-19)29-14-16-5-6-23-10-17(16)9-22/h5-6,10-12,15H,7-8,13-14H2,1-4H3/t15-/m1/s1. The van der Waals surface area contributed by atoms with Crippen LogP contribution in [0.2, 0.25) is 0 Å². The quantitative estimate of drug-likeness (QED) is 0.758. The first-order valence-corrected chi connectivity index (χ1v) is 9.79. The van der Waals surface area contributed by atoms with Gasteiger partial charge in [0.25, 0.3) is 0 Å². The third-order valence-corrected chi connectivity index (χ3v) is 4.58. The zero-order valence-electron chi connectivity index (χ0n) is 17.7. The van der Waals surface area contributed by atoms with Crippen LogP contribution in [0.3, 0.4) is 0 Å².